The molecule has 4 nitrogen and oxygen atoms in total. The molecule has 1 fully saturated rings. The average molecular weight is 336 g/mol. The van der Waals surface area contributed by atoms with Crippen LogP contribution in [0.1, 0.15) is 42.9 Å². The molecule has 1 aliphatic rings. The van der Waals surface area contributed by atoms with Crippen LogP contribution < -0.4 is 0 Å². The lowest BCUT2D eigenvalue weighted by atomic mass is 10.1. The summed E-state index contributed by atoms with van der Waals surface area (Å²) in [6, 6.07) is 6.78. The molecular weight excluding hydrogens is 316 g/mol. The summed E-state index contributed by atoms with van der Waals surface area (Å²) < 4.78 is 10.9. The number of terminal acetylenes is 1. The van der Waals surface area contributed by atoms with Gasteiger partial charge in [-0.25, -0.2) is 0 Å². The number of carbonyl (C=O) groups is 1. The molecule has 1 aromatic rings. The van der Waals surface area contributed by atoms with Crippen molar-refractivity contribution in [1.82, 2.24) is 0 Å². The fourth-order valence-corrected chi connectivity index (χ4v) is 2.20. The van der Waals surface area contributed by atoms with Gasteiger partial charge in [0.1, 0.15) is 12.7 Å². The summed E-state index contributed by atoms with van der Waals surface area (Å²) in [6.07, 6.45) is 7.19. The first-order valence-electron chi connectivity index (χ1n) is 8.17. The van der Waals surface area contributed by atoms with Crippen LogP contribution in [-0.4, -0.2) is 30.4 Å². The maximum Gasteiger partial charge on any atom is 0.217 e. The molecule has 2 rings (SSSR count). The summed E-state index contributed by atoms with van der Waals surface area (Å²) in [4.78, 5) is 11.7. The summed E-state index contributed by atoms with van der Waals surface area (Å²) in [5.41, 5.74) is 1.29. The molecule has 0 bridgehead atoms. The van der Waals surface area contributed by atoms with Crippen molar-refractivity contribution in [2.24, 2.45) is 0 Å². The molecule has 1 saturated heterocycles. The zero-order valence-corrected chi connectivity index (χ0v) is 14.0. The first-order chi connectivity index (χ1) is 12.2. The van der Waals surface area contributed by atoms with E-state index in [0.717, 1.165) is 25.9 Å². The van der Waals surface area contributed by atoms with Gasteiger partial charge in [-0.2, -0.15) is 0 Å². The molecule has 0 spiro atoms. The molecule has 1 heterocycles. The van der Waals surface area contributed by atoms with Crippen LogP contribution in [-0.2, 0) is 14.3 Å². The van der Waals surface area contributed by atoms with E-state index in [9.17, 15) is 9.90 Å². The Hall–Kier alpha value is -2.55. The molecule has 1 aliphatic heterocycles. The Balaban J connectivity index is 1.74. The minimum atomic E-state index is -0.930. The van der Waals surface area contributed by atoms with Crippen molar-refractivity contribution in [3.8, 4) is 36.0 Å². The maximum atomic E-state index is 11.7. The molecule has 2 unspecified atom stereocenters. The van der Waals surface area contributed by atoms with E-state index in [1.807, 2.05) is 0 Å². The zero-order valence-electron chi connectivity index (χ0n) is 14.0. The van der Waals surface area contributed by atoms with E-state index in [-0.39, 0.29) is 25.1 Å². The predicted octanol–water partition coefficient (Wildman–Crippen LogP) is 2.21. The fourth-order valence-electron chi connectivity index (χ4n) is 2.20. The molecule has 1 aromatic carbocycles. The first kappa shape index (κ1) is 18.8. The Morgan fingerprint density at radius 2 is 2.12 bits per heavy atom. The van der Waals surface area contributed by atoms with Gasteiger partial charge in [0.25, 0.3) is 0 Å². The van der Waals surface area contributed by atoms with Crippen LogP contribution in [0.5, 0.6) is 0 Å². The number of hydrogen-bond donors (Lipinski definition) is 1. The highest BCUT2D eigenvalue weighted by molar-refractivity contribution is 5.97. The summed E-state index contributed by atoms with van der Waals surface area (Å²) >= 11 is 0. The van der Waals surface area contributed by atoms with Gasteiger partial charge >= 0.3 is 0 Å². The van der Waals surface area contributed by atoms with Gasteiger partial charge in [-0.3, -0.25) is 4.79 Å². The third-order valence-electron chi connectivity index (χ3n) is 3.58. The minimum absolute atomic E-state index is 0.0653. The summed E-state index contributed by atoms with van der Waals surface area (Å²) in [5, 5.41) is 9.50. The SMILES string of the molecule is C#CC(O)c1ccc(C#CC(=O)CC#CCOC2CCCCO2)cc1. The van der Waals surface area contributed by atoms with Crippen LogP contribution in [0, 0.1) is 36.0 Å². The van der Waals surface area contributed by atoms with Gasteiger partial charge < -0.3 is 14.6 Å². The number of benzene rings is 1. The monoisotopic (exact) mass is 336 g/mol. The van der Waals surface area contributed by atoms with E-state index < -0.39 is 6.10 Å². The lowest BCUT2D eigenvalue weighted by molar-refractivity contribution is -0.154. The Morgan fingerprint density at radius 3 is 2.80 bits per heavy atom. The van der Waals surface area contributed by atoms with E-state index in [4.69, 9.17) is 15.9 Å². The van der Waals surface area contributed by atoms with Crippen LogP contribution in [0.25, 0.3) is 0 Å². The summed E-state index contributed by atoms with van der Waals surface area (Å²) in [7, 11) is 0. The molecule has 25 heavy (non-hydrogen) atoms. The molecule has 1 N–H and O–H groups in total. The second kappa shape index (κ2) is 10.3. The Kier molecular flexibility index (Phi) is 7.77. The van der Waals surface area contributed by atoms with Crippen molar-refractivity contribution in [3.63, 3.8) is 0 Å². The van der Waals surface area contributed by atoms with Crippen molar-refractivity contribution in [2.75, 3.05) is 13.2 Å². The van der Waals surface area contributed by atoms with Gasteiger partial charge in [0.15, 0.2) is 6.29 Å². The Morgan fingerprint density at radius 1 is 1.32 bits per heavy atom. The van der Waals surface area contributed by atoms with Gasteiger partial charge in [-0.15, -0.1) is 6.42 Å². The number of ketones is 1. The number of rotatable bonds is 4. The van der Waals surface area contributed by atoms with Gasteiger partial charge in [-0.05, 0) is 42.9 Å². The fraction of sp³-hybridized carbons (Fsp3) is 0.381. The molecule has 0 amide bonds. The second-order valence-corrected chi connectivity index (χ2v) is 5.50. The third kappa shape index (κ3) is 6.84. The van der Waals surface area contributed by atoms with Crippen molar-refractivity contribution in [2.45, 2.75) is 38.1 Å². The molecule has 0 aromatic heterocycles. The molecule has 0 saturated carbocycles. The summed E-state index contributed by atoms with van der Waals surface area (Å²) in [5.74, 6) is 12.8. The van der Waals surface area contributed by atoms with Crippen LogP contribution >= 0.6 is 0 Å². The number of carbonyl (C=O) groups excluding carboxylic acids is 1. The van der Waals surface area contributed by atoms with Gasteiger partial charge in [-0.1, -0.05) is 35.8 Å². The zero-order chi connectivity index (χ0) is 17.9. The van der Waals surface area contributed by atoms with E-state index in [1.165, 1.54) is 0 Å². The molecule has 0 aliphatic carbocycles. The Labute approximate surface area is 148 Å². The van der Waals surface area contributed by atoms with E-state index in [1.54, 1.807) is 24.3 Å². The number of ether oxygens (including phenoxy) is 2. The van der Waals surface area contributed by atoms with Crippen LogP contribution in [0.2, 0.25) is 0 Å². The first-order valence-corrected chi connectivity index (χ1v) is 8.17. The molecule has 128 valence electrons. The van der Waals surface area contributed by atoms with Crippen molar-refractivity contribution < 1.29 is 19.4 Å². The minimum Gasteiger partial charge on any atom is -0.376 e. The lowest BCUT2D eigenvalue weighted by Gasteiger charge is -2.21. The predicted molar refractivity (Wildman–Crippen MR) is 94.1 cm³/mol. The third-order valence-corrected chi connectivity index (χ3v) is 3.58. The smallest absolute Gasteiger partial charge is 0.217 e. The molecule has 4 heteroatoms. The van der Waals surface area contributed by atoms with Crippen LogP contribution in [0.15, 0.2) is 24.3 Å². The quantitative estimate of drug-likeness (QED) is 0.857. The largest absolute Gasteiger partial charge is 0.376 e. The average Bonchev–Trinajstić information content (AvgIpc) is 2.66. The second-order valence-electron chi connectivity index (χ2n) is 5.50. The summed E-state index contributed by atoms with van der Waals surface area (Å²) in [6.45, 7) is 0.985. The number of hydrogen-bond acceptors (Lipinski definition) is 4. The van der Waals surface area contributed by atoms with Gasteiger partial charge in [0.05, 0.1) is 6.42 Å². The van der Waals surface area contributed by atoms with E-state index >= 15 is 0 Å². The standard InChI is InChI=1S/C21H20O4/c1-2-20(23)18-12-9-17(10-13-18)11-14-19(22)7-3-5-15-24-21-8-4-6-16-25-21/h1,9-10,12-13,20-21,23H,4,6-8,15-16H2. The highest BCUT2D eigenvalue weighted by Crippen LogP contribution is 2.13. The molecule has 2 atom stereocenters. The highest BCUT2D eigenvalue weighted by atomic mass is 16.7. The van der Waals surface area contributed by atoms with Crippen LogP contribution in [0.4, 0.5) is 0 Å². The van der Waals surface area contributed by atoms with E-state index in [2.05, 4.69) is 29.6 Å². The van der Waals surface area contributed by atoms with Crippen molar-refractivity contribution in [1.29, 1.82) is 0 Å². The van der Waals surface area contributed by atoms with Gasteiger partial charge in [0, 0.05) is 12.2 Å². The lowest BCUT2D eigenvalue weighted by Crippen LogP contribution is -2.22. The van der Waals surface area contributed by atoms with Crippen molar-refractivity contribution in [3.05, 3.63) is 35.4 Å². The maximum absolute atomic E-state index is 11.7. The molecule has 0 radical (unpaired) electrons. The van der Waals surface area contributed by atoms with Crippen LogP contribution in [0.3, 0.4) is 0 Å². The highest BCUT2D eigenvalue weighted by Gasteiger charge is 2.12. The number of Topliss-reactive ketones (excluding diaryl/α,β-unsaturated/α-hetero) is 1. The topological polar surface area (TPSA) is 55.8 Å². The number of aliphatic hydroxyl groups is 1. The van der Waals surface area contributed by atoms with Crippen molar-refractivity contribution >= 4 is 5.78 Å². The normalized spacial score (nSPS) is 17.2. The Bertz CT molecular complexity index is 729. The number of aliphatic hydroxyl groups excluding tert-OH is 1. The van der Waals surface area contributed by atoms with Gasteiger partial charge in [0.2, 0.25) is 5.78 Å². The van der Waals surface area contributed by atoms with E-state index in [0.29, 0.717) is 11.1 Å². The molecular formula is C21H20O4.